The number of hydrogen-bond acceptors (Lipinski definition) is 14. The molecule has 2 aliphatic rings. The summed E-state index contributed by atoms with van der Waals surface area (Å²) in [5, 5.41) is 50.4. The van der Waals surface area contributed by atoms with Crippen LogP contribution in [-0.4, -0.2) is 117 Å². The highest BCUT2D eigenvalue weighted by atomic mass is 31.2. The van der Waals surface area contributed by atoms with E-state index in [-0.39, 0.29) is 0 Å². The molecule has 1 aromatic heterocycles. The van der Waals surface area contributed by atoms with Gasteiger partial charge >= 0.3 is 15.6 Å². The minimum atomic E-state index is -4.91. The Labute approximate surface area is 206 Å². The Morgan fingerprint density at radius 1 is 1.00 bits per heavy atom. The van der Waals surface area contributed by atoms with Gasteiger partial charge in [0.05, 0.1) is 19.5 Å². The third-order valence-electron chi connectivity index (χ3n) is 5.37. The second-order valence-corrected chi connectivity index (χ2v) is 10.4. The number of aliphatic hydroxyl groups excluding tert-OH is 4. The van der Waals surface area contributed by atoms with E-state index in [1.807, 2.05) is 5.32 Å². The number of nitrogens with two attached hydrogens (primary N) is 1. The van der Waals surface area contributed by atoms with E-state index in [1.54, 1.807) is 0 Å². The Hall–Kier alpha value is -1.87. The zero-order valence-electron chi connectivity index (χ0n) is 18.4. The fraction of sp³-hybridized carbons (Fsp3) is 0.667. The average Bonchev–Trinajstić information content (AvgIpc) is 3.39. The third kappa shape index (κ3) is 6.96. The number of nitrogens with one attached hydrogen (secondary N) is 2. The van der Waals surface area contributed by atoms with Crippen LogP contribution in [0.25, 0.3) is 0 Å². The molecular formula is C15H25N5O15P2. The molecule has 37 heavy (non-hydrogen) atoms. The maximum absolute atomic E-state index is 12.6. The molecule has 0 spiro atoms. The number of carbonyl (C=O) groups excluding carboxylic acids is 1. The SMILES string of the molecule is N=C(NC(=O)c1ncn(C2O[C@H](COP(=O)(O)O)[C@@H](O)[C@H]2O)c1N)C1O[C@H](COP(=O)(O)O)[C@@H](O)[C@H]1O. The summed E-state index contributed by atoms with van der Waals surface area (Å²) in [5.74, 6) is -2.29. The topological polar surface area (TPSA) is 330 Å². The first-order chi connectivity index (χ1) is 17.0. The largest absolute Gasteiger partial charge is 0.469 e. The molecule has 2 saturated heterocycles. The van der Waals surface area contributed by atoms with E-state index in [0.717, 1.165) is 10.9 Å². The summed E-state index contributed by atoms with van der Waals surface area (Å²) >= 11 is 0. The van der Waals surface area contributed by atoms with Crippen LogP contribution in [0.4, 0.5) is 5.82 Å². The van der Waals surface area contributed by atoms with Gasteiger partial charge in [-0.3, -0.25) is 23.8 Å². The van der Waals surface area contributed by atoms with Gasteiger partial charge in [0.15, 0.2) is 11.9 Å². The van der Waals surface area contributed by atoms with Gasteiger partial charge in [-0.2, -0.15) is 0 Å². The van der Waals surface area contributed by atoms with Crippen molar-refractivity contribution in [3.8, 4) is 0 Å². The molecular weight excluding hydrogens is 552 g/mol. The van der Waals surface area contributed by atoms with Crippen molar-refractivity contribution in [3.05, 3.63) is 12.0 Å². The van der Waals surface area contributed by atoms with Gasteiger partial charge in [0.1, 0.15) is 54.4 Å². The van der Waals surface area contributed by atoms with Crippen LogP contribution in [0.1, 0.15) is 16.7 Å². The number of anilines is 1. The van der Waals surface area contributed by atoms with Crippen molar-refractivity contribution in [3.63, 3.8) is 0 Å². The molecule has 3 heterocycles. The second-order valence-electron chi connectivity index (χ2n) is 7.95. The molecule has 0 aromatic carbocycles. The van der Waals surface area contributed by atoms with E-state index in [4.69, 9.17) is 40.2 Å². The Balaban J connectivity index is 1.65. The molecule has 0 saturated carbocycles. The van der Waals surface area contributed by atoms with Gasteiger partial charge in [-0.05, 0) is 0 Å². The van der Waals surface area contributed by atoms with Crippen LogP contribution < -0.4 is 11.1 Å². The number of nitrogen functional groups attached to an aromatic ring is 1. The first kappa shape index (κ1) is 29.7. The number of hydrogen-bond donors (Lipinski definition) is 11. The predicted molar refractivity (Wildman–Crippen MR) is 114 cm³/mol. The van der Waals surface area contributed by atoms with Crippen molar-refractivity contribution >= 4 is 33.2 Å². The van der Waals surface area contributed by atoms with Gasteiger partial charge in [-0.1, -0.05) is 0 Å². The molecule has 0 radical (unpaired) electrons. The maximum Gasteiger partial charge on any atom is 0.469 e. The van der Waals surface area contributed by atoms with E-state index in [0.29, 0.717) is 0 Å². The van der Waals surface area contributed by atoms with Crippen LogP contribution in [0.5, 0.6) is 0 Å². The number of nitrogens with zero attached hydrogens (tertiary/aromatic N) is 2. The summed E-state index contributed by atoms with van der Waals surface area (Å²) in [7, 11) is -9.81. The number of phosphoric ester groups is 2. The number of aromatic nitrogens is 2. The number of rotatable bonds is 9. The van der Waals surface area contributed by atoms with Gasteiger partial charge < -0.3 is 60.5 Å². The zero-order valence-corrected chi connectivity index (χ0v) is 20.2. The molecule has 2 aliphatic heterocycles. The van der Waals surface area contributed by atoms with E-state index in [9.17, 15) is 34.4 Å². The Bertz CT molecular complexity index is 1110. The number of phosphoric acid groups is 2. The monoisotopic (exact) mass is 577 g/mol. The maximum atomic E-state index is 12.6. The number of amidine groups is 1. The fourth-order valence-electron chi connectivity index (χ4n) is 3.56. The average molecular weight is 577 g/mol. The van der Waals surface area contributed by atoms with Crippen molar-refractivity contribution in [2.75, 3.05) is 18.9 Å². The van der Waals surface area contributed by atoms with E-state index >= 15 is 0 Å². The lowest BCUT2D eigenvalue weighted by Crippen LogP contribution is -2.44. The van der Waals surface area contributed by atoms with Crippen LogP contribution in [-0.2, 0) is 27.7 Å². The van der Waals surface area contributed by atoms with Crippen LogP contribution in [0.15, 0.2) is 6.33 Å². The highest BCUT2D eigenvalue weighted by Crippen LogP contribution is 2.39. The molecule has 1 aromatic rings. The molecule has 22 heteroatoms. The van der Waals surface area contributed by atoms with Gasteiger partial charge in [-0.25, -0.2) is 14.1 Å². The molecule has 2 unspecified atom stereocenters. The standard InChI is InChI=1S/C15H25N5O15P2/c16-12(11-9(23)7(21)4(34-11)1-32-36(26,27)28)19-14(25)6-13(17)20(3-18-6)15-10(24)8(22)5(35-15)2-33-37(29,30)31/h3-5,7-11,15,21-24H,1-2,17H2,(H2,16,19,25)(H2,26,27,28)(H2,29,30,31)/t4-,5-,7-,8-,9-,10-,11?,15?/m1/s1. The number of amides is 1. The van der Waals surface area contributed by atoms with Gasteiger partial charge in [0, 0.05) is 0 Å². The molecule has 0 aliphatic carbocycles. The second kappa shape index (κ2) is 11.1. The molecule has 1 amide bonds. The molecule has 8 atom stereocenters. The van der Waals surface area contributed by atoms with Crippen molar-refractivity contribution < 1.29 is 72.4 Å². The smallest absolute Gasteiger partial charge is 0.387 e. The normalized spacial score (nSPS) is 32.5. The van der Waals surface area contributed by atoms with Crippen molar-refractivity contribution in [1.82, 2.24) is 14.9 Å². The fourth-order valence-corrected chi connectivity index (χ4v) is 4.25. The highest BCUT2D eigenvalue weighted by Gasteiger charge is 2.47. The minimum absolute atomic E-state index is 0.418. The van der Waals surface area contributed by atoms with Crippen LogP contribution in [0, 0.1) is 5.41 Å². The summed E-state index contributed by atoms with van der Waals surface area (Å²) in [5.41, 5.74) is 5.39. The van der Waals surface area contributed by atoms with E-state index in [2.05, 4.69) is 14.0 Å². The first-order valence-electron chi connectivity index (χ1n) is 10.2. The molecule has 20 nitrogen and oxygen atoms in total. The Kier molecular flexibility index (Phi) is 8.89. The van der Waals surface area contributed by atoms with E-state index < -0.39 is 101 Å². The van der Waals surface area contributed by atoms with Gasteiger partial charge in [-0.15, -0.1) is 0 Å². The van der Waals surface area contributed by atoms with Crippen LogP contribution in [0.3, 0.4) is 0 Å². The molecule has 0 bridgehead atoms. The predicted octanol–water partition coefficient (Wildman–Crippen LogP) is -4.50. The Morgan fingerprint density at radius 2 is 1.51 bits per heavy atom. The van der Waals surface area contributed by atoms with Crippen LogP contribution >= 0.6 is 15.6 Å². The quantitative estimate of drug-likeness (QED) is 0.0748. The number of carbonyl (C=O) groups is 1. The number of imidazole rings is 1. The highest BCUT2D eigenvalue weighted by molar-refractivity contribution is 7.46. The van der Waals surface area contributed by atoms with Crippen molar-refractivity contribution in [2.24, 2.45) is 0 Å². The number of ether oxygens (including phenoxy) is 2. The molecule has 3 rings (SSSR count). The zero-order chi connectivity index (χ0) is 27.9. The lowest BCUT2D eigenvalue weighted by Gasteiger charge is -2.18. The van der Waals surface area contributed by atoms with Gasteiger partial charge in [0.25, 0.3) is 5.91 Å². The molecule has 2 fully saturated rings. The number of aliphatic hydroxyl groups is 4. The summed E-state index contributed by atoms with van der Waals surface area (Å²) in [6.45, 7) is -1.61. The first-order valence-corrected chi connectivity index (χ1v) is 13.2. The lowest BCUT2D eigenvalue weighted by atomic mass is 10.1. The summed E-state index contributed by atoms with van der Waals surface area (Å²) in [6, 6.07) is 0. The summed E-state index contributed by atoms with van der Waals surface area (Å²) in [6.07, 6.45) is -11.8. The van der Waals surface area contributed by atoms with Crippen molar-refractivity contribution in [1.29, 1.82) is 5.41 Å². The molecule has 210 valence electrons. The van der Waals surface area contributed by atoms with Crippen molar-refractivity contribution in [2.45, 2.75) is 49.0 Å². The lowest BCUT2D eigenvalue weighted by molar-refractivity contribution is -0.0510. The third-order valence-corrected chi connectivity index (χ3v) is 6.34. The van der Waals surface area contributed by atoms with E-state index in [1.165, 1.54) is 0 Å². The van der Waals surface area contributed by atoms with Gasteiger partial charge in [0.2, 0.25) is 0 Å². The Morgan fingerprint density at radius 3 is 2.05 bits per heavy atom. The molecule has 12 N–H and O–H groups in total. The van der Waals surface area contributed by atoms with Crippen LogP contribution in [0.2, 0.25) is 0 Å². The summed E-state index contributed by atoms with van der Waals surface area (Å²) < 4.78 is 41.6. The summed E-state index contributed by atoms with van der Waals surface area (Å²) in [4.78, 5) is 51.5. The minimum Gasteiger partial charge on any atom is -0.387 e.